The Hall–Kier alpha value is -4.43. The number of nitrogens with one attached hydrogen (secondary N) is 3. The standard InChI is InChI=1S/C28H29ClF3N9O2/c1-39(2)14-15-7-17(28(30,31)32)9-18(8-15)37-27-38-25-24(41(27)4)23(29)21(12-36-25)43-20(10-33)19-11-35-22(13-34-19)40(3)26(42)16-5-6-16/h7-13,16,33-34H,5-6,14H2,1-4H3,(H,36,37,38)/b20-19+,33-10?. The average Bonchev–Trinajstić information content (AvgIpc) is 3.76. The predicted molar refractivity (Wildman–Crippen MR) is 157 cm³/mol. The van der Waals surface area contributed by atoms with Crippen LogP contribution in [0.25, 0.3) is 11.2 Å². The molecule has 1 fully saturated rings. The average molecular weight is 616 g/mol. The minimum atomic E-state index is -4.53. The van der Waals surface area contributed by atoms with Gasteiger partial charge in [-0.05, 0) is 50.7 Å². The quantitative estimate of drug-likeness (QED) is 0.228. The number of allylic oxidation sites excluding steroid dienone is 2. The second-order valence-electron chi connectivity index (χ2n) is 10.5. The summed E-state index contributed by atoms with van der Waals surface area (Å²) < 4.78 is 48.3. The molecular formula is C28H29ClF3N9O2. The molecule has 1 aliphatic carbocycles. The highest BCUT2D eigenvalue weighted by Gasteiger charge is 2.34. The van der Waals surface area contributed by atoms with Gasteiger partial charge in [-0.3, -0.25) is 9.69 Å². The molecule has 2 aliphatic rings. The number of amides is 1. The Bertz CT molecular complexity index is 1690. The lowest BCUT2D eigenvalue weighted by Crippen LogP contribution is -2.30. The fraction of sp³-hybridized carbons (Fsp3) is 0.321. The molecule has 1 amide bonds. The number of hydrogen-bond donors (Lipinski definition) is 3. The first-order valence-electron chi connectivity index (χ1n) is 13.2. The number of fused-ring (bicyclic) bond motifs is 1. The van der Waals surface area contributed by atoms with Crippen molar-refractivity contribution in [3.05, 3.63) is 64.0 Å². The zero-order chi connectivity index (χ0) is 31.1. The van der Waals surface area contributed by atoms with Crippen molar-refractivity contribution in [3.8, 4) is 5.75 Å². The lowest BCUT2D eigenvalue weighted by atomic mass is 10.1. The minimum Gasteiger partial charge on any atom is -0.450 e. The van der Waals surface area contributed by atoms with Crippen molar-refractivity contribution in [3.63, 3.8) is 0 Å². The van der Waals surface area contributed by atoms with E-state index in [0.717, 1.165) is 31.2 Å². The molecular weight excluding hydrogens is 587 g/mol. The lowest BCUT2D eigenvalue weighted by Gasteiger charge is -2.21. The van der Waals surface area contributed by atoms with E-state index in [1.165, 1.54) is 17.3 Å². The van der Waals surface area contributed by atoms with Gasteiger partial charge in [-0.2, -0.15) is 18.2 Å². The van der Waals surface area contributed by atoms with Crippen molar-refractivity contribution < 1.29 is 22.7 Å². The number of rotatable bonds is 9. The van der Waals surface area contributed by atoms with Crippen molar-refractivity contribution in [2.75, 3.05) is 26.5 Å². The first-order valence-corrected chi connectivity index (χ1v) is 13.6. The number of benzene rings is 1. The summed E-state index contributed by atoms with van der Waals surface area (Å²) in [6, 6.07) is 3.76. The molecule has 11 nitrogen and oxygen atoms in total. The lowest BCUT2D eigenvalue weighted by molar-refractivity contribution is -0.137. The van der Waals surface area contributed by atoms with Gasteiger partial charge in [-0.25, -0.2) is 9.98 Å². The van der Waals surface area contributed by atoms with Crippen LogP contribution in [0.2, 0.25) is 5.02 Å². The number of anilines is 2. The predicted octanol–water partition coefficient (Wildman–Crippen LogP) is 5.03. The molecule has 5 rings (SSSR count). The van der Waals surface area contributed by atoms with Crippen LogP contribution < -0.4 is 15.4 Å². The van der Waals surface area contributed by atoms with Gasteiger partial charge in [-0.1, -0.05) is 11.6 Å². The molecule has 0 radical (unpaired) electrons. The molecule has 1 aromatic carbocycles. The molecule has 3 heterocycles. The number of alkyl halides is 3. The van der Waals surface area contributed by atoms with Gasteiger partial charge in [0.15, 0.2) is 23.0 Å². The Kier molecular flexibility index (Phi) is 8.16. The van der Waals surface area contributed by atoms with Crippen molar-refractivity contribution in [1.29, 1.82) is 5.41 Å². The Morgan fingerprint density at radius 1 is 1.28 bits per heavy atom. The molecule has 3 N–H and O–H groups in total. The van der Waals surface area contributed by atoms with Gasteiger partial charge >= 0.3 is 6.18 Å². The number of ether oxygens (including phenoxy) is 1. The Balaban J connectivity index is 1.40. The van der Waals surface area contributed by atoms with Crippen LogP contribution in [-0.4, -0.2) is 63.8 Å². The second kappa shape index (κ2) is 11.7. The molecule has 0 unspecified atom stereocenters. The Morgan fingerprint density at radius 2 is 2.02 bits per heavy atom. The van der Waals surface area contributed by atoms with Crippen LogP contribution in [0.3, 0.4) is 0 Å². The Labute approximate surface area is 250 Å². The van der Waals surface area contributed by atoms with Crippen molar-refractivity contribution >= 4 is 52.7 Å². The zero-order valence-corrected chi connectivity index (χ0v) is 24.5. The van der Waals surface area contributed by atoms with E-state index in [1.807, 2.05) is 0 Å². The SMILES string of the molecule is CN(C)Cc1cc(Nc2nc3ncc(O/C(C=N)=C4\C=NC(N(C)C(=O)C5CC5)=CN4)c(Cl)c3n2C)cc(C(F)(F)F)c1. The van der Waals surface area contributed by atoms with E-state index in [0.29, 0.717) is 29.1 Å². The summed E-state index contributed by atoms with van der Waals surface area (Å²) in [4.78, 5) is 28.6. The summed E-state index contributed by atoms with van der Waals surface area (Å²) in [6.07, 6.45) is 2.53. The van der Waals surface area contributed by atoms with E-state index in [1.54, 1.807) is 49.9 Å². The first-order chi connectivity index (χ1) is 20.3. The maximum absolute atomic E-state index is 13.6. The summed E-state index contributed by atoms with van der Waals surface area (Å²) in [7, 11) is 6.84. The fourth-order valence-electron chi connectivity index (χ4n) is 4.47. The number of carbonyl (C=O) groups excluding carboxylic acids is 1. The second-order valence-corrected chi connectivity index (χ2v) is 10.9. The number of hydrogen-bond acceptors (Lipinski definition) is 9. The van der Waals surface area contributed by atoms with Crippen LogP contribution in [0.15, 0.2) is 52.9 Å². The summed E-state index contributed by atoms with van der Waals surface area (Å²) in [5.41, 5.74) is 0.850. The van der Waals surface area contributed by atoms with Crippen LogP contribution in [0, 0.1) is 11.3 Å². The van der Waals surface area contributed by atoms with Gasteiger partial charge < -0.3 is 30.2 Å². The third-order valence-corrected chi connectivity index (χ3v) is 7.15. The molecule has 0 atom stereocenters. The van der Waals surface area contributed by atoms with Gasteiger partial charge in [0, 0.05) is 38.4 Å². The molecule has 1 aliphatic heterocycles. The summed E-state index contributed by atoms with van der Waals surface area (Å²) in [5.74, 6) is 0.876. The molecule has 43 heavy (non-hydrogen) atoms. The smallest absolute Gasteiger partial charge is 0.416 e. The normalized spacial score (nSPS) is 16.2. The monoisotopic (exact) mass is 615 g/mol. The summed E-state index contributed by atoms with van der Waals surface area (Å²) in [5, 5.41) is 13.9. The number of aliphatic imine (C=N–C) groups is 1. The van der Waals surface area contributed by atoms with Crippen LogP contribution in [0.1, 0.15) is 24.0 Å². The van der Waals surface area contributed by atoms with Gasteiger partial charge in [0.2, 0.25) is 11.9 Å². The molecule has 0 bridgehead atoms. The number of aryl methyl sites for hydroxylation is 1. The maximum atomic E-state index is 13.6. The highest BCUT2D eigenvalue weighted by atomic mass is 35.5. The number of carbonyl (C=O) groups is 1. The van der Waals surface area contributed by atoms with E-state index in [2.05, 4.69) is 25.6 Å². The molecule has 1 saturated carbocycles. The molecule has 2 aromatic heterocycles. The molecule has 0 saturated heterocycles. The largest absolute Gasteiger partial charge is 0.450 e. The molecule has 15 heteroatoms. The van der Waals surface area contributed by atoms with Gasteiger partial charge in [0.05, 0.1) is 24.2 Å². The topological polar surface area (TPSA) is 124 Å². The fourth-order valence-corrected chi connectivity index (χ4v) is 4.77. The summed E-state index contributed by atoms with van der Waals surface area (Å²) >= 11 is 6.69. The Morgan fingerprint density at radius 3 is 2.63 bits per heavy atom. The van der Waals surface area contributed by atoms with Crippen LogP contribution in [-0.2, 0) is 24.6 Å². The van der Waals surface area contributed by atoms with Gasteiger partial charge in [-0.15, -0.1) is 0 Å². The molecule has 226 valence electrons. The third-order valence-electron chi connectivity index (χ3n) is 6.78. The van der Waals surface area contributed by atoms with Crippen molar-refractivity contribution in [2.24, 2.45) is 18.0 Å². The number of imidazole rings is 1. The molecule has 3 aromatic rings. The number of nitrogens with zero attached hydrogens (tertiary/aromatic N) is 6. The minimum absolute atomic E-state index is 0.000544. The number of halogens is 4. The first kappa shape index (κ1) is 30.0. The highest BCUT2D eigenvalue weighted by Crippen LogP contribution is 2.36. The van der Waals surface area contributed by atoms with E-state index >= 15 is 0 Å². The highest BCUT2D eigenvalue weighted by molar-refractivity contribution is 6.36. The zero-order valence-electron chi connectivity index (χ0n) is 23.8. The molecule has 0 spiro atoms. The van der Waals surface area contributed by atoms with Gasteiger partial charge in [0.25, 0.3) is 0 Å². The van der Waals surface area contributed by atoms with E-state index in [4.69, 9.17) is 21.7 Å². The van der Waals surface area contributed by atoms with Gasteiger partial charge in [0.1, 0.15) is 16.2 Å². The van der Waals surface area contributed by atoms with Crippen molar-refractivity contribution in [2.45, 2.75) is 25.6 Å². The van der Waals surface area contributed by atoms with E-state index < -0.39 is 11.7 Å². The van der Waals surface area contributed by atoms with Crippen LogP contribution >= 0.6 is 11.6 Å². The maximum Gasteiger partial charge on any atom is 0.416 e. The van der Waals surface area contributed by atoms with E-state index in [9.17, 15) is 18.0 Å². The number of aromatic nitrogens is 3. The van der Waals surface area contributed by atoms with E-state index in [-0.39, 0.29) is 45.6 Å². The van der Waals surface area contributed by atoms with Crippen LogP contribution in [0.4, 0.5) is 24.8 Å². The van der Waals surface area contributed by atoms with Crippen molar-refractivity contribution in [1.82, 2.24) is 29.7 Å². The van der Waals surface area contributed by atoms with Crippen LogP contribution in [0.5, 0.6) is 5.75 Å². The third kappa shape index (κ3) is 6.49. The number of pyridine rings is 1. The summed E-state index contributed by atoms with van der Waals surface area (Å²) in [6.45, 7) is 0.312.